The Morgan fingerprint density at radius 2 is 2.12 bits per heavy atom. The second-order valence-electron chi connectivity index (χ2n) is 5.98. The van der Waals surface area contributed by atoms with Crippen molar-refractivity contribution in [2.24, 2.45) is 7.05 Å². The molecule has 5 nitrogen and oxygen atoms in total. The number of aryl methyl sites for hydroxylation is 1. The van der Waals surface area contributed by atoms with Gasteiger partial charge in [-0.05, 0) is 30.7 Å². The van der Waals surface area contributed by atoms with Crippen molar-refractivity contribution in [3.05, 3.63) is 41.5 Å². The summed E-state index contributed by atoms with van der Waals surface area (Å²) in [5, 5.41) is 16.6. The first-order valence-electron chi connectivity index (χ1n) is 8.02. The van der Waals surface area contributed by atoms with Crippen LogP contribution in [0, 0.1) is 0 Å². The van der Waals surface area contributed by atoms with Gasteiger partial charge in [-0.2, -0.15) is 5.10 Å². The quantitative estimate of drug-likeness (QED) is 0.609. The minimum Gasteiger partial charge on any atom is -0.388 e. The molecule has 4 aromatic rings. The Bertz CT molecular complexity index is 1020. The summed E-state index contributed by atoms with van der Waals surface area (Å²) in [7, 11) is 1.89. The molecule has 6 heteroatoms. The van der Waals surface area contributed by atoms with Gasteiger partial charge in [0.25, 0.3) is 0 Å². The standard InChI is InChI=1S/C18H18N4OS/c1-3-4-15(23)16-8-11-5-6-14(20-18(11)24-16)12-7-13-10-22(2)21-17(13)19-9-12/h5-10,15,23H,3-4H2,1-2H3/t15-/m1/s1. The van der Waals surface area contributed by atoms with E-state index in [9.17, 15) is 5.11 Å². The van der Waals surface area contributed by atoms with Gasteiger partial charge in [-0.3, -0.25) is 4.68 Å². The first-order valence-corrected chi connectivity index (χ1v) is 8.84. The highest BCUT2D eigenvalue weighted by Crippen LogP contribution is 2.32. The Hall–Kier alpha value is -2.31. The number of aromatic nitrogens is 4. The summed E-state index contributed by atoms with van der Waals surface area (Å²) in [6, 6.07) is 8.16. The molecule has 0 amide bonds. The Balaban J connectivity index is 1.75. The van der Waals surface area contributed by atoms with E-state index >= 15 is 0 Å². The molecule has 24 heavy (non-hydrogen) atoms. The molecule has 0 unspecified atom stereocenters. The van der Waals surface area contributed by atoms with Crippen LogP contribution in [0.5, 0.6) is 0 Å². The van der Waals surface area contributed by atoms with Crippen LogP contribution >= 0.6 is 11.3 Å². The number of thiophene rings is 1. The molecule has 0 fully saturated rings. The summed E-state index contributed by atoms with van der Waals surface area (Å²) in [6.45, 7) is 2.08. The zero-order valence-corrected chi connectivity index (χ0v) is 14.4. The van der Waals surface area contributed by atoms with Gasteiger partial charge in [-0.25, -0.2) is 9.97 Å². The predicted octanol–water partition coefficient (Wildman–Crippen LogP) is 4.08. The molecule has 4 rings (SSSR count). The maximum atomic E-state index is 10.2. The van der Waals surface area contributed by atoms with Gasteiger partial charge in [0.05, 0.1) is 11.8 Å². The van der Waals surface area contributed by atoms with E-state index in [0.29, 0.717) is 0 Å². The molecule has 0 spiro atoms. The average molecular weight is 338 g/mol. The van der Waals surface area contributed by atoms with E-state index < -0.39 is 6.10 Å². The molecular formula is C18H18N4OS. The number of rotatable bonds is 4. The summed E-state index contributed by atoms with van der Waals surface area (Å²) in [5.41, 5.74) is 2.60. The van der Waals surface area contributed by atoms with Crippen molar-refractivity contribution < 1.29 is 5.11 Å². The lowest BCUT2D eigenvalue weighted by Crippen LogP contribution is -1.91. The second kappa shape index (κ2) is 5.96. The third-order valence-electron chi connectivity index (χ3n) is 4.06. The molecule has 0 aliphatic rings. The Morgan fingerprint density at radius 3 is 2.96 bits per heavy atom. The zero-order valence-electron chi connectivity index (χ0n) is 13.6. The summed E-state index contributed by atoms with van der Waals surface area (Å²) in [4.78, 5) is 11.1. The fraction of sp³-hybridized carbons (Fsp3) is 0.278. The van der Waals surface area contributed by atoms with Crippen LogP contribution in [-0.4, -0.2) is 24.9 Å². The zero-order chi connectivity index (χ0) is 16.7. The monoisotopic (exact) mass is 338 g/mol. The van der Waals surface area contributed by atoms with Crippen molar-refractivity contribution >= 4 is 32.6 Å². The fourth-order valence-electron chi connectivity index (χ4n) is 2.85. The third kappa shape index (κ3) is 2.68. The number of aliphatic hydroxyl groups excluding tert-OH is 1. The molecule has 4 heterocycles. The lowest BCUT2D eigenvalue weighted by Gasteiger charge is -2.04. The summed E-state index contributed by atoms with van der Waals surface area (Å²) in [5.74, 6) is 0. The Labute approximate surface area is 143 Å². The molecule has 1 atom stereocenters. The minimum absolute atomic E-state index is 0.397. The van der Waals surface area contributed by atoms with Crippen LogP contribution in [0.4, 0.5) is 0 Å². The predicted molar refractivity (Wildman–Crippen MR) is 97.0 cm³/mol. The summed E-state index contributed by atoms with van der Waals surface area (Å²) >= 11 is 1.56. The van der Waals surface area contributed by atoms with Crippen LogP contribution < -0.4 is 0 Å². The lowest BCUT2D eigenvalue weighted by atomic mass is 10.1. The van der Waals surface area contributed by atoms with Crippen LogP contribution in [0.15, 0.2) is 36.7 Å². The van der Waals surface area contributed by atoms with Crippen LogP contribution in [-0.2, 0) is 7.05 Å². The fourth-order valence-corrected chi connectivity index (χ4v) is 3.90. The number of hydrogen-bond donors (Lipinski definition) is 1. The summed E-state index contributed by atoms with van der Waals surface area (Å²) in [6.07, 6.45) is 5.11. The smallest absolute Gasteiger partial charge is 0.181 e. The van der Waals surface area contributed by atoms with Crippen molar-refractivity contribution in [3.8, 4) is 11.3 Å². The van der Waals surface area contributed by atoms with E-state index in [1.165, 1.54) is 0 Å². The molecule has 1 N–H and O–H groups in total. The topological polar surface area (TPSA) is 63.8 Å². The van der Waals surface area contributed by atoms with Crippen molar-refractivity contribution in [1.29, 1.82) is 0 Å². The van der Waals surface area contributed by atoms with Gasteiger partial charge in [-0.15, -0.1) is 11.3 Å². The van der Waals surface area contributed by atoms with E-state index in [2.05, 4.69) is 29.1 Å². The van der Waals surface area contributed by atoms with Crippen LogP contribution in [0.25, 0.3) is 32.5 Å². The van der Waals surface area contributed by atoms with Crippen molar-refractivity contribution in [1.82, 2.24) is 19.7 Å². The highest BCUT2D eigenvalue weighted by molar-refractivity contribution is 7.18. The number of aliphatic hydroxyl groups is 1. The van der Waals surface area contributed by atoms with E-state index in [0.717, 1.165) is 50.2 Å². The van der Waals surface area contributed by atoms with E-state index in [4.69, 9.17) is 4.98 Å². The van der Waals surface area contributed by atoms with Gasteiger partial charge in [-0.1, -0.05) is 13.3 Å². The molecule has 0 aliphatic carbocycles. The Morgan fingerprint density at radius 1 is 1.25 bits per heavy atom. The van der Waals surface area contributed by atoms with Gasteiger partial charge in [0.1, 0.15) is 4.83 Å². The van der Waals surface area contributed by atoms with Crippen molar-refractivity contribution in [2.45, 2.75) is 25.9 Å². The molecule has 122 valence electrons. The van der Waals surface area contributed by atoms with E-state index in [1.807, 2.05) is 31.6 Å². The molecule has 4 aromatic heterocycles. The normalized spacial score (nSPS) is 13.0. The highest BCUT2D eigenvalue weighted by atomic mass is 32.1. The lowest BCUT2D eigenvalue weighted by molar-refractivity contribution is 0.170. The number of hydrogen-bond acceptors (Lipinski definition) is 5. The van der Waals surface area contributed by atoms with Gasteiger partial charge < -0.3 is 5.11 Å². The van der Waals surface area contributed by atoms with Gasteiger partial charge in [0.2, 0.25) is 0 Å². The first kappa shape index (κ1) is 15.2. The average Bonchev–Trinajstić information content (AvgIpc) is 3.15. The SMILES string of the molecule is CCC[C@@H](O)c1cc2ccc(-c3cnc4nn(C)cc4c3)nc2s1. The van der Waals surface area contributed by atoms with Gasteiger partial charge in [0.15, 0.2) is 5.65 Å². The van der Waals surface area contributed by atoms with Crippen LogP contribution in [0.1, 0.15) is 30.7 Å². The van der Waals surface area contributed by atoms with Crippen LogP contribution in [0.2, 0.25) is 0 Å². The van der Waals surface area contributed by atoms with Crippen LogP contribution in [0.3, 0.4) is 0 Å². The number of nitrogens with zero attached hydrogens (tertiary/aromatic N) is 4. The van der Waals surface area contributed by atoms with E-state index in [1.54, 1.807) is 16.0 Å². The molecule has 0 saturated carbocycles. The molecule has 0 radical (unpaired) electrons. The molecule has 0 aromatic carbocycles. The molecular weight excluding hydrogens is 320 g/mol. The van der Waals surface area contributed by atoms with Crippen molar-refractivity contribution in [3.63, 3.8) is 0 Å². The maximum absolute atomic E-state index is 10.2. The van der Waals surface area contributed by atoms with Gasteiger partial charge in [0, 0.05) is 40.7 Å². The first-order chi connectivity index (χ1) is 11.6. The van der Waals surface area contributed by atoms with E-state index in [-0.39, 0.29) is 0 Å². The minimum atomic E-state index is -0.397. The number of pyridine rings is 2. The third-order valence-corrected chi connectivity index (χ3v) is 5.21. The summed E-state index contributed by atoms with van der Waals surface area (Å²) < 4.78 is 1.76. The number of fused-ring (bicyclic) bond motifs is 2. The molecule has 0 bridgehead atoms. The second-order valence-corrected chi connectivity index (χ2v) is 7.05. The van der Waals surface area contributed by atoms with Crippen molar-refractivity contribution in [2.75, 3.05) is 0 Å². The maximum Gasteiger partial charge on any atom is 0.181 e. The highest BCUT2D eigenvalue weighted by Gasteiger charge is 2.12. The largest absolute Gasteiger partial charge is 0.388 e. The molecule has 0 saturated heterocycles. The molecule has 0 aliphatic heterocycles. The van der Waals surface area contributed by atoms with Gasteiger partial charge >= 0.3 is 0 Å². The Kier molecular flexibility index (Phi) is 3.78.